The summed E-state index contributed by atoms with van der Waals surface area (Å²) >= 11 is 0. The lowest BCUT2D eigenvalue weighted by molar-refractivity contribution is 0.483. The van der Waals surface area contributed by atoms with E-state index in [1.54, 1.807) is 0 Å². The molecule has 0 unspecified atom stereocenters. The number of benzene rings is 5. The summed E-state index contributed by atoms with van der Waals surface area (Å²) < 4.78 is 6.11. The zero-order valence-corrected chi connectivity index (χ0v) is 17.6. The standard InChI is InChI=1S/C30H22NO/c1-4-12-25(13-5-1)31(26-14-6-2-7-15-26)27-22-20-24(21-23-27)29-18-10-11-19-30(29)32-28-16-8-3-9-17-28/h1-18,20-23H. The summed E-state index contributed by atoms with van der Waals surface area (Å²) in [4.78, 5) is 2.25. The number of anilines is 3. The van der Waals surface area contributed by atoms with E-state index in [4.69, 9.17) is 4.74 Å². The van der Waals surface area contributed by atoms with E-state index in [2.05, 4.69) is 89.8 Å². The van der Waals surface area contributed by atoms with Gasteiger partial charge in [0, 0.05) is 28.7 Å². The first-order valence-electron chi connectivity index (χ1n) is 10.6. The Labute approximate surface area is 189 Å². The monoisotopic (exact) mass is 412 g/mol. The minimum atomic E-state index is 0.717. The Hall–Kier alpha value is -4.30. The molecule has 2 heteroatoms. The molecule has 32 heavy (non-hydrogen) atoms. The maximum Gasteiger partial charge on any atom is 0.143 e. The van der Waals surface area contributed by atoms with Gasteiger partial charge >= 0.3 is 0 Å². The van der Waals surface area contributed by atoms with Gasteiger partial charge in [-0.2, -0.15) is 0 Å². The van der Waals surface area contributed by atoms with Gasteiger partial charge in [-0.05, 0) is 54.1 Å². The number of hydrogen-bond donors (Lipinski definition) is 0. The largest absolute Gasteiger partial charge is 0.456 e. The van der Waals surface area contributed by atoms with Crippen LogP contribution < -0.4 is 9.64 Å². The van der Waals surface area contributed by atoms with Gasteiger partial charge < -0.3 is 9.64 Å². The van der Waals surface area contributed by atoms with Gasteiger partial charge in [0.2, 0.25) is 0 Å². The predicted octanol–water partition coefficient (Wildman–Crippen LogP) is 8.42. The van der Waals surface area contributed by atoms with Crippen molar-refractivity contribution in [2.45, 2.75) is 0 Å². The van der Waals surface area contributed by atoms with Crippen molar-refractivity contribution in [1.29, 1.82) is 0 Å². The molecular weight excluding hydrogens is 390 g/mol. The third kappa shape index (κ3) is 4.26. The van der Waals surface area contributed by atoms with Crippen molar-refractivity contribution in [3.05, 3.63) is 140 Å². The molecule has 1 radical (unpaired) electrons. The van der Waals surface area contributed by atoms with E-state index in [-0.39, 0.29) is 0 Å². The maximum atomic E-state index is 6.11. The third-order valence-corrected chi connectivity index (χ3v) is 5.25. The molecule has 0 bridgehead atoms. The Morgan fingerprint density at radius 3 is 1.62 bits per heavy atom. The summed E-state index contributed by atoms with van der Waals surface area (Å²) in [5.41, 5.74) is 5.42. The summed E-state index contributed by atoms with van der Waals surface area (Å²) in [5, 5.41) is 0. The Morgan fingerprint density at radius 2 is 1.03 bits per heavy atom. The van der Waals surface area contributed by atoms with Crippen LogP contribution in [-0.4, -0.2) is 0 Å². The Balaban J connectivity index is 1.50. The first kappa shape index (κ1) is 19.7. The minimum absolute atomic E-state index is 0.717. The van der Waals surface area contributed by atoms with Crippen molar-refractivity contribution in [1.82, 2.24) is 0 Å². The van der Waals surface area contributed by atoms with Gasteiger partial charge in [-0.1, -0.05) is 84.9 Å². The van der Waals surface area contributed by atoms with E-state index in [1.165, 1.54) is 0 Å². The van der Waals surface area contributed by atoms with Gasteiger partial charge in [0.05, 0.1) is 0 Å². The molecule has 5 aromatic rings. The van der Waals surface area contributed by atoms with Crippen LogP contribution in [0, 0.1) is 6.07 Å². The molecule has 0 saturated carbocycles. The van der Waals surface area contributed by atoms with Crippen molar-refractivity contribution in [2.75, 3.05) is 4.90 Å². The summed E-state index contributed by atoms with van der Waals surface area (Å²) in [7, 11) is 0. The van der Waals surface area contributed by atoms with Crippen LogP contribution >= 0.6 is 0 Å². The molecular formula is C30H22NO. The summed E-state index contributed by atoms with van der Waals surface area (Å²) in [5.74, 6) is 1.52. The second kappa shape index (κ2) is 9.23. The molecule has 5 rings (SSSR count). The second-order valence-corrected chi connectivity index (χ2v) is 7.38. The average molecular weight is 413 g/mol. The fraction of sp³-hybridized carbons (Fsp3) is 0. The SMILES string of the molecule is [c]1cccc(-c2ccc(N(c3ccccc3)c3ccccc3)cc2)c1Oc1ccccc1. The molecule has 0 spiro atoms. The van der Waals surface area contributed by atoms with Crippen LogP contribution in [0.15, 0.2) is 133 Å². The molecule has 0 N–H and O–H groups in total. The van der Waals surface area contributed by atoms with Crippen molar-refractivity contribution in [3.8, 4) is 22.6 Å². The van der Waals surface area contributed by atoms with E-state index in [0.717, 1.165) is 39.7 Å². The van der Waals surface area contributed by atoms with E-state index >= 15 is 0 Å². The van der Waals surface area contributed by atoms with E-state index in [9.17, 15) is 0 Å². The fourth-order valence-corrected chi connectivity index (χ4v) is 3.73. The highest BCUT2D eigenvalue weighted by molar-refractivity contribution is 5.79. The van der Waals surface area contributed by atoms with Crippen LogP contribution in [0.25, 0.3) is 11.1 Å². The Kier molecular flexibility index (Phi) is 5.67. The third-order valence-electron chi connectivity index (χ3n) is 5.25. The number of rotatable bonds is 6. The summed E-state index contributed by atoms with van der Waals surface area (Å²) in [6.45, 7) is 0. The van der Waals surface area contributed by atoms with Crippen LogP contribution in [0.1, 0.15) is 0 Å². The highest BCUT2D eigenvalue weighted by Gasteiger charge is 2.13. The second-order valence-electron chi connectivity index (χ2n) is 7.38. The molecule has 0 amide bonds. The quantitative estimate of drug-likeness (QED) is 0.277. The molecule has 2 nitrogen and oxygen atoms in total. The van der Waals surface area contributed by atoms with Crippen LogP contribution in [0.4, 0.5) is 17.1 Å². The number of nitrogens with zero attached hydrogens (tertiary/aromatic N) is 1. The minimum Gasteiger partial charge on any atom is -0.456 e. The Bertz CT molecular complexity index is 1230. The molecule has 0 atom stereocenters. The maximum absolute atomic E-state index is 6.11. The van der Waals surface area contributed by atoms with E-state index in [0.29, 0.717) is 0 Å². The van der Waals surface area contributed by atoms with Gasteiger partial charge in [0.25, 0.3) is 0 Å². The fourth-order valence-electron chi connectivity index (χ4n) is 3.73. The van der Waals surface area contributed by atoms with Gasteiger partial charge in [0.15, 0.2) is 0 Å². The number of ether oxygens (including phenoxy) is 1. The predicted molar refractivity (Wildman–Crippen MR) is 132 cm³/mol. The van der Waals surface area contributed by atoms with Gasteiger partial charge in [-0.25, -0.2) is 0 Å². The van der Waals surface area contributed by atoms with E-state index in [1.807, 2.05) is 54.6 Å². The van der Waals surface area contributed by atoms with Gasteiger partial charge in [-0.15, -0.1) is 0 Å². The molecule has 0 fully saturated rings. The van der Waals surface area contributed by atoms with E-state index < -0.39 is 0 Å². The molecule has 0 aliphatic rings. The van der Waals surface area contributed by atoms with Crippen molar-refractivity contribution >= 4 is 17.1 Å². The van der Waals surface area contributed by atoms with Crippen molar-refractivity contribution in [2.24, 2.45) is 0 Å². The zero-order chi connectivity index (χ0) is 21.6. The van der Waals surface area contributed by atoms with Crippen LogP contribution in [0.3, 0.4) is 0 Å². The topological polar surface area (TPSA) is 12.5 Å². The smallest absolute Gasteiger partial charge is 0.143 e. The highest BCUT2D eigenvalue weighted by atomic mass is 16.5. The average Bonchev–Trinajstić information content (AvgIpc) is 2.87. The molecule has 0 aliphatic heterocycles. The molecule has 0 heterocycles. The summed E-state index contributed by atoms with van der Waals surface area (Å²) in [6.07, 6.45) is 0. The molecule has 5 aromatic carbocycles. The first-order chi connectivity index (χ1) is 15.9. The zero-order valence-electron chi connectivity index (χ0n) is 17.6. The summed E-state index contributed by atoms with van der Waals surface area (Å²) in [6, 6.07) is 48.4. The first-order valence-corrected chi connectivity index (χ1v) is 10.6. The lowest BCUT2D eigenvalue weighted by atomic mass is 10.0. The normalized spacial score (nSPS) is 10.5. The molecule has 153 valence electrons. The van der Waals surface area contributed by atoms with Crippen LogP contribution in [0.5, 0.6) is 11.5 Å². The number of para-hydroxylation sites is 4. The molecule has 0 aliphatic carbocycles. The van der Waals surface area contributed by atoms with Crippen LogP contribution in [0.2, 0.25) is 0 Å². The molecule has 0 saturated heterocycles. The van der Waals surface area contributed by atoms with Crippen molar-refractivity contribution < 1.29 is 4.74 Å². The lowest BCUT2D eigenvalue weighted by Crippen LogP contribution is -2.09. The van der Waals surface area contributed by atoms with Gasteiger partial charge in [-0.3, -0.25) is 0 Å². The lowest BCUT2D eigenvalue weighted by Gasteiger charge is -2.25. The number of hydrogen-bond acceptors (Lipinski definition) is 2. The molecule has 0 aromatic heterocycles. The Morgan fingerprint density at radius 1 is 0.500 bits per heavy atom. The van der Waals surface area contributed by atoms with Gasteiger partial charge in [0.1, 0.15) is 11.5 Å². The highest BCUT2D eigenvalue weighted by Crippen LogP contribution is 2.37. The van der Waals surface area contributed by atoms with Crippen molar-refractivity contribution in [3.63, 3.8) is 0 Å². The van der Waals surface area contributed by atoms with Crippen LogP contribution in [-0.2, 0) is 0 Å².